The van der Waals surface area contributed by atoms with Crippen molar-refractivity contribution in [3.05, 3.63) is 42.5 Å². The largest absolute Gasteiger partial charge is 0.493 e. The van der Waals surface area contributed by atoms with Gasteiger partial charge in [0.05, 0.1) is 33.3 Å². The van der Waals surface area contributed by atoms with Crippen molar-refractivity contribution >= 4 is 27.3 Å². The number of carbonyl (C=O) groups excluding carboxylic acids is 1. The number of hydrogen-bond donors (Lipinski definition) is 1. The zero-order valence-corrected chi connectivity index (χ0v) is 16.4. The topological polar surface area (TPSA) is 94.2 Å². The number of nitrogens with zero attached hydrogens (tertiary/aromatic N) is 1. The second kappa shape index (κ2) is 8.63. The molecule has 0 saturated heterocycles. The maximum atomic E-state index is 12.5. The van der Waals surface area contributed by atoms with Crippen LogP contribution in [0.4, 0.5) is 11.4 Å². The van der Waals surface area contributed by atoms with E-state index in [2.05, 4.69) is 5.32 Å². The number of amides is 1. The van der Waals surface area contributed by atoms with Crippen LogP contribution < -0.4 is 23.8 Å². The molecular weight excluding hydrogens is 372 g/mol. The van der Waals surface area contributed by atoms with Crippen LogP contribution in [0.25, 0.3) is 0 Å². The molecule has 8 nitrogen and oxygen atoms in total. The van der Waals surface area contributed by atoms with Gasteiger partial charge in [-0.3, -0.25) is 9.10 Å². The highest BCUT2D eigenvalue weighted by Crippen LogP contribution is 2.39. The first kappa shape index (κ1) is 20.4. The molecule has 0 atom stereocenters. The summed E-state index contributed by atoms with van der Waals surface area (Å²) in [5, 5.41) is 2.65. The van der Waals surface area contributed by atoms with E-state index in [1.807, 2.05) is 0 Å². The van der Waals surface area contributed by atoms with Crippen LogP contribution in [-0.4, -0.2) is 48.5 Å². The normalized spacial score (nSPS) is 10.8. The van der Waals surface area contributed by atoms with Crippen LogP contribution in [0.3, 0.4) is 0 Å². The molecular formula is C18H22N2O6S. The molecule has 0 saturated carbocycles. The van der Waals surface area contributed by atoms with E-state index in [1.165, 1.54) is 21.3 Å². The number of anilines is 2. The molecule has 0 aromatic heterocycles. The summed E-state index contributed by atoms with van der Waals surface area (Å²) in [5.41, 5.74) is 0.788. The van der Waals surface area contributed by atoms with Gasteiger partial charge in [0.15, 0.2) is 11.5 Å². The van der Waals surface area contributed by atoms with Crippen molar-refractivity contribution in [1.29, 1.82) is 0 Å². The van der Waals surface area contributed by atoms with E-state index in [0.29, 0.717) is 28.6 Å². The van der Waals surface area contributed by atoms with Gasteiger partial charge in [-0.2, -0.15) is 0 Å². The third-order valence-corrected chi connectivity index (χ3v) is 4.82. The molecule has 27 heavy (non-hydrogen) atoms. The van der Waals surface area contributed by atoms with E-state index < -0.39 is 15.9 Å². The Bertz CT molecular complexity index is 874. The maximum absolute atomic E-state index is 12.5. The van der Waals surface area contributed by atoms with Gasteiger partial charge in [0.1, 0.15) is 6.54 Å². The van der Waals surface area contributed by atoms with Crippen molar-refractivity contribution < 1.29 is 27.4 Å². The van der Waals surface area contributed by atoms with Gasteiger partial charge in [-0.15, -0.1) is 0 Å². The lowest BCUT2D eigenvalue weighted by atomic mass is 10.2. The molecule has 0 spiro atoms. The molecule has 2 aromatic rings. The summed E-state index contributed by atoms with van der Waals surface area (Å²) >= 11 is 0. The van der Waals surface area contributed by atoms with Gasteiger partial charge in [-0.25, -0.2) is 8.42 Å². The Morgan fingerprint density at radius 3 is 2.00 bits per heavy atom. The second-order valence-corrected chi connectivity index (χ2v) is 7.47. The van der Waals surface area contributed by atoms with E-state index in [9.17, 15) is 13.2 Å². The van der Waals surface area contributed by atoms with Crippen LogP contribution in [0.1, 0.15) is 0 Å². The monoisotopic (exact) mass is 394 g/mol. The molecule has 2 rings (SSSR count). The van der Waals surface area contributed by atoms with Crippen molar-refractivity contribution in [3.63, 3.8) is 0 Å². The lowest BCUT2D eigenvalue weighted by Crippen LogP contribution is -2.37. The predicted octanol–water partition coefficient (Wildman–Crippen LogP) is 2.12. The van der Waals surface area contributed by atoms with E-state index in [-0.39, 0.29) is 6.54 Å². The summed E-state index contributed by atoms with van der Waals surface area (Å²) in [6.45, 7) is -0.375. The fourth-order valence-electron chi connectivity index (χ4n) is 2.48. The fourth-order valence-corrected chi connectivity index (χ4v) is 3.33. The highest BCUT2D eigenvalue weighted by molar-refractivity contribution is 7.92. The van der Waals surface area contributed by atoms with Crippen molar-refractivity contribution in [3.8, 4) is 17.2 Å². The van der Waals surface area contributed by atoms with Crippen LogP contribution in [0.15, 0.2) is 42.5 Å². The summed E-state index contributed by atoms with van der Waals surface area (Å²) in [6.07, 6.45) is 1.05. The molecule has 0 heterocycles. The Labute approximate surface area is 158 Å². The van der Waals surface area contributed by atoms with E-state index in [0.717, 1.165) is 10.6 Å². The molecule has 1 N–H and O–H groups in total. The summed E-state index contributed by atoms with van der Waals surface area (Å²) < 4.78 is 40.9. The van der Waals surface area contributed by atoms with Crippen LogP contribution in [0.5, 0.6) is 17.2 Å². The standard InChI is InChI=1S/C18H22N2O6S/c1-24-15-10-13(11-16(25-2)18(15)26-3)19-17(21)12-20(27(4,22)23)14-8-6-5-7-9-14/h5-11H,12H2,1-4H3,(H,19,21). The first-order chi connectivity index (χ1) is 12.8. The highest BCUT2D eigenvalue weighted by Gasteiger charge is 2.21. The lowest BCUT2D eigenvalue weighted by molar-refractivity contribution is -0.114. The first-order valence-corrected chi connectivity index (χ1v) is 9.77. The van der Waals surface area contributed by atoms with Gasteiger partial charge in [-0.1, -0.05) is 18.2 Å². The first-order valence-electron chi connectivity index (χ1n) is 7.92. The molecule has 1 amide bonds. The zero-order chi connectivity index (χ0) is 20.0. The minimum atomic E-state index is -3.64. The number of rotatable bonds is 8. The number of para-hydroxylation sites is 1. The number of benzene rings is 2. The number of ether oxygens (including phenoxy) is 3. The lowest BCUT2D eigenvalue weighted by Gasteiger charge is -2.22. The van der Waals surface area contributed by atoms with Crippen LogP contribution >= 0.6 is 0 Å². The number of hydrogen-bond acceptors (Lipinski definition) is 6. The van der Waals surface area contributed by atoms with E-state index in [4.69, 9.17) is 14.2 Å². The summed E-state index contributed by atoms with van der Waals surface area (Å²) in [5.74, 6) is 0.615. The highest BCUT2D eigenvalue weighted by atomic mass is 32.2. The number of methoxy groups -OCH3 is 3. The Morgan fingerprint density at radius 2 is 1.56 bits per heavy atom. The smallest absolute Gasteiger partial charge is 0.245 e. The van der Waals surface area contributed by atoms with E-state index in [1.54, 1.807) is 42.5 Å². The van der Waals surface area contributed by atoms with Crippen molar-refractivity contribution in [2.75, 3.05) is 43.8 Å². The fraction of sp³-hybridized carbons (Fsp3) is 0.278. The van der Waals surface area contributed by atoms with Crippen LogP contribution in [0, 0.1) is 0 Å². The van der Waals surface area contributed by atoms with Gasteiger partial charge in [0.25, 0.3) is 0 Å². The third kappa shape index (κ3) is 5.04. The number of nitrogens with one attached hydrogen (secondary N) is 1. The summed E-state index contributed by atoms with van der Waals surface area (Å²) in [6, 6.07) is 11.5. The summed E-state index contributed by atoms with van der Waals surface area (Å²) in [7, 11) is 0.760. The predicted molar refractivity (Wildman–Crippen MR) is 103 cm³/mol. The third-order valence-electron chi connectivity index (χ3n) is 3.68. The SMILES string of the molecule is COc1cc(NC(=O)CN(c2ccccc2)S(C)(=O)=O)cc(OC)c1OC. The molecule has 146 valence electrons. The quantitative estimate of drug-likeness (QED) is 0.737. The van der Waals surface area contributed by atoms with Gasteiger partial charge < -0.3 is 19.5 Å². The molecule has 0 aliphatic rings. The van der Waals surface area contributed by atoms with Crippen LogP contribution in [0.2, 0.25) is 0 Å². The summed E-state index contributed by atoms with van der Waals surface area (Å²) in [4.78, 5) is 12.5. The van der Waals surface area contributed by atoms with Gasteiger partial charge in [-0.05, 0) is 12.1 Å². The zero-order valence-electron chi connectivity index (χ0n) is 15.6. The molecule has 0 unspecified atom stereocenters. The molecule has 9 heteroatoms. The molecule has 0 radical (unpaired) electrons. The Morgan fingerprint density at radius 1 is 1.00 bits per heavy atom. The molecule has 0 bridgehead atoms. The van der Waals surface area contributed by atoms with Crippen molar-refractivity contribution in [1.82, 2.24) is 0 Å². The van der Waals surface area contributed by atoms with Gasteiger partial charge in [0, 0.05) is 17.8 Å². The van der Waals surface area contributed by atoms with Gasteiger partial charge >= 0.3 is 0 Å². The number of sulfonamides is 1. The Hall–Kier alpha value is -2.94. The van der Waals surface area contributed by atoms with Crippen molar-refractivity contribution in [2.24, 2.45) is 0 Å². The molecule has 0 aliphatic heterocycles. The number of carbonyl (C=O) groups is 1. The van der Waals surface area contributed by atoms with Gasteiger partial charge in [0.2, 0.25) is 21.7 Å². The Balaban J connectivity index is 2.26. The molecule has 2 aromatic carbocycles. The minimum absolute atomic E-state index is 0.371. The average Bonchev–Trinajstić information content (AvgIpc) is 2.65. The minimum Gasteiger partial charge on any atom is -0.493 e. The second-order valence-electron chi connectivity index (χ2n) is 5.57. The molecule has 0 fully saturated rings. The van der Waals surface area contributed by atoms with E-state index >= 15 is 0 Å². The van der Waals surface area contributed by atoms with Crippen molar-refractivity contribution in [2.45, 2.75) is 0 Å². The maximum Gasteiger partial charge on any atom is 0.245 e. The van der Waals surface area contributed by atoms with Crippen LogP contribution in [-0.2, 0) is 14.8 Å². The Kier molecular flexibility index (Phi) is 6.51. The molecule has 0 aliphatic carbocycles. The average molecular weight is 394 g/mol.